The number of fused-ring (bicyclic) bond motifs is 1. The van der Waals surface area contributed by atoms with Gasteiger partial charge in [-0.05, 0) is 70.7 Å². The second kappa shape index (κ2) is 6.58. The van der Waals surface area contributed by atoms with Gasteiger partial charge in [0.15, 0.2) is 0 Å². The molecule has 0 aliphatic carbocycles. The lowest BCUT2D eigenvalue weighted by molar-refractivity contribution is 0.0595. The Balaban J connectivity index is 1.74. The van der Waals surface area contributed by atoms with Crippen LogP contribution in [0.5, 0.6) is 0 Å². The number of nitrogens with two attached hydrogens (primary N) is 1. The molecular formula is C13H27N3. The number of hydrogen-bond acceptors (Lipinski definition) is 3. The zero-order valence-corrected chi connectivity index (χ0v) is 10.5. The fraction of sp³-hybridized carbons (Fsp3) is 1.00. The normalized spacial score (nSPS) is 31.3. The second-order valence-electron chi connectivity index (χ2n) is 5.35. The first kappa shape index (κ1) is 12.3. The van der Waals surface area contributed by atoms with Crippen molar-refractivity contribution in [2.45, 2.75) is 44.6 Å². The first-order valence-electron chi connectivity index (χ1n) is 7.06. The third-order valence-corrected chi connectivity index (χ3v) is 4.19. The van der Waals surface area contributed by atoms with Gasteiger partial charge in [-0.15, -0.1) is 0 Å². The summed E-state index contributed by atoms with van der Waals surface area (Å²) in [7, 11) is 0. The first-order chi connectivity index (χ1) is 7.92. The lowest BCUT2D eigenvalue weighted by Gasteiger charge is -2.44. The third kappa shape index (κ3) is 3.19. The van der Waals surface area contributed by atoms with Gasteiger partial charge in [0.1, 0.15) is 0 Å². The summed E-state index contributed by atoms with van der Waals surface area (Å²) < 4.78 is 0. The van der Waals surface area contributed by atoms with E-state index in [1.54, 1.807) is 0 Å². The Kier molecular flexibility index (Phi) is 5.07. The highest BCUT2D eigenvalue weighted by molar-refractivity contribution is 4.87. The minimum atomic E-state index is 0.813. The summed E-state index contributed by atoms with van der Waals surface area (Å²) in [6.45, 7) is 5.82. The molecule has 0 saturated carbocycles. The van der Waals surface area contributed by atoms with Crippen molar-refractivity contribution >= 4 is 0 Å². The molecule has 0 amide bonds. The topological polar surface area (TPSA) is 41.3 Å². The zero-order valence-electron chi connectivity index (χ0n) is 10.5. The van der Waals surface area contributed by atoms with Crippen LogP contribution in [-0.2, 0) is 0 Å². The Morgan fingerprint density at radius 3 is 2.88 bits per heavy atom. The van der Waals surface area contributed by atoms with Gasteiger partial charge in [0.05, 0.1) is 0 Å². The highest BCUT2D eigenvalue weighted by atomic mass is 15.2. The maximum atomic E-state index is 5.51. The molecule has 3 N–H and O–H groups in total. The molecule has 0 aromatic heterocycles. The van der Waals surface area contributed by atoms with E-state index in [1.165, 1.54) is 51.7 Å². The number of piperidine rings is 2. The smallest absolute Gasteiger partial charge is 0.0136 e. The zero-order chi connectivity index (χ0) is 11.2. The molecule has 2 heterocycles. The molecule has 94 valence electrons. The van der Waals surface area contributed by atoms with E-state index < -0.39 is 0 Å². The number of hydrogen-bond donors (Lipinski definition) is 2. The molecule has 0 aromatic carbocycles. The summed E-state index contributed by atoms with van der Waals surface area (Å²) in [4.78, 5) is 2.74. The summed E-state index contributed by atoms with van der Waals surface area (Å²) in [6.07, 6.45) is 8.24. The van der Waals surface area contributed by atoms with Gasteiger partial charge in [-0.25, -0.2) is 0 Å². The Morgan fingerprint density at radius 1 is 1.12 bits per heavy atom. The summed E-state index contributed by atoms with van der Waals surface area (Å²) in [5.41, 5.74) is 5.51. The van der Waals surface area contributed by atoms with Crippen LogP contribution in [0.1, 0.15) is 38.5 Å². The van der Waals surface area contributed by atoms with Crippen LogP contribution in [-0.4, -0.2) is 43.7 Å². The summed E-state index contributed by atoms with van der Waals surface area (Å²) >= 11 is 0. The van der Waals surface area contributed by atoms with E-state index in [9.17, 15) is 0 Å². The van der Waals surface area contributed by atoms with Crippen LogP contribution < -0.4 is 11.1 Å². The quantitative estimate of drug-likeness (QED) is 0.691. The number of rotatable bonds is 5. The monoisotopic (exact) mass is 225 g/mol. The van der Waals surface area contributed by atoms with Crippen molar-refractivity contribution in [2.24, 2.45) is 11.7 Å². The average molecular weight is 225 g/mol. The van der Waals surface area contributed by atoms with Crippen LogP contribution in [0.3, 0.4) is 0 Å². The highest BCUT2D eigenvalue weighted by Gasteiger charge is 2.32. The first-order valence-corrected chi connectivity index (χ1v) is 7.06. The maximum absolute atomic E-state index is 5.51. The van der Waals surface area contributed by atoms with E-state index >= 15 is 0 Å². The van der Waals surface area contributed by atoms with Gasteiger partial charge < -0.3 is 16.0 Å². The SMILES string of the molecule is NCCCNCC1CCCN2CCCCC12. The number of nitrogens with zero attached hydrogens (tertiary/aromatic N) is 1. The van der Waals surface area contributed by atoms with Crippen LogP contribution in [0, 0.1) is 5.92 Å². The Bertz CT molecular complexity index is 194. The van der Waals surface area contributed by atoms with Gasteiger partial charge in [-0.3, -0.25) is 0 Å². The van der Waals surface area contributed by atoms with Crippen molar-refractivity contribution in [3.05, 3.63) is 0 Å². The largest absolute Gasteiger partial charge is 0.330 e. The van der Waals surface area contributed by atoms with Crippen molar-refractivity contribution in [1.29, 1.82) is 0 Å². The molecule has 2 aliphatic rings. The summed E-state index contributed by atoms with van der Waals surface area (Å²) in [5.74, 6) is 0.895. The van der Waals surface area contributed by atoms with Crippen LogP contribution in [0.2, 0.25) is 0 Å². The lowest BCUT2D eigenvalue weighted by Crippen LogP contribution is -2.50. The van der Waals surface area contributed by atoms with Gasteiger partial charge in [-0.1, -0.05) is 6.42 Å². The summed E-state index contributed by atoms with van der Waals surface area (Å²) in [6, 6.07) is 0.882. The van der Waals surface area contributed by atoms with Crippen molar-refractivity contribution in [2.75, 3.05) is 32.7 Å². The third-order valence-electron chi connectivity index (χ3n) is 4.19. The average Bonchev–Trinajstić information content (AvgIpc) is 2.35. The second-order valence-corrected chi connectivity index (χ2v) is 5.35. The van der Waals surface area contributed by atoms with E-state index in [2.05, 4.69) is 10.2 Å². The van der Waals surface area contributed by atoms with Crippen LogP contribution in [0.15, 0.2) is 0 Å². The molecule has 2 aliphatic heterocycles. The fourth-order valence-electron chi connectivity index (χ4n) is 3.33. The molecular weight excluding hydrogens is 198 g/mol. The maximum Gasteiger partial charge on any atom is 0.0136 e. The molecule has 3 nitrogen and oxygen atoms in total. The van der Waals surface area contributed by atoms with E-state index in [4.69, 9.17) is 5.73 Å². The predicted octanol–water partition coefficient (Wildman–Crippen LogP) is 1.19. The molecule has 0 aromatic rings. The molecule has 3 heteroatoms. The van der Waals surface area contributed by atoms with Crippen LogP contribution >= 0.6 is 0 Å². The highest BCUT2D eigenvalue weighted by Crippen LogP contribution is 2.30. The minimum absolute atomic E-state index is 0.813. The minimum Gasteiger partial charge on any atom is -0.330 e. The Hall–Kier alpha value is -0.120. The molecule has 2 atom stereocenters. The molecule has 0 spiro atoms. The predicted molar refractivity (Wildman–Crippen MR) is 68.5 cm³/mol. The van der Waals surface area contributed by atoms with Crippen molar-refractivity contribution in [3.63, 3.8) is 0 Å². The molecule has 16 heavy (non-hydrogen) atoms. The number of nitrogens with one attached hydrogen (secondary N) is 1. The van der Waals surface area contributed by atoms with E-state index in [-0.39, 0.29) is 0 Å². The molecule has 0 bridgehead atoms. The van der Waals surface area contributed by atoms with Crippen molar-refractivity contribution < 1.29 is 0 Å². The lowest BCUT2D eigenvalue weighted by atomic mass is 9.83. The van der Waals surface area contributed by atoms with E-state index in [1.807, 2.05) is 0 Å². The standard InChI is InChI=1S/C13H27N3/c14-7-4-8-15-11-12-5-3-10-16-9-2-1-6-13(12)16/h12-13,15H,1-11,14H2. The molecule has 2 unspecified atom stereocenters. The Morgan fingerprint density at radius 2 is 2.00 bits per heavy atom. The fourth-order valence-corrected chi connectivity index (χ4v) is 3.33. The molecule has 2 fully saturated rings. The van der Waals surface area contributed by atoms with Gasteiger partial charge in [0.2, 0.25) is 0 Å². The van der Waals surface area contributed by atoms with Gasteiger partial charge in [0.25, 0.3) is 0 Å². The van der Waals surface area contributed by atoms with Gasteiger partial charge >= 0.3 is 0 Å². The molecule has 0 radical (unpaired) electrons. The Labute approximate surface area is 99.8 Å². The van der Waals surface area contributed by atoms with Crippen molar-refractivity contribution in [1.82, 2.24) is 10.2 Å². The molecule has 2 saturated heterocycles. The van der Waals surface area contributed by atoms with E-state index in [0.717, 1.165) is 31.5 Å². The van der Waals surface area contributed by atoms with Gasteiger partial charge in [0, 0.05) is 6.04 Å². The van der Waals surface area contributed by atoms with Crippen molar-refractivity contribution in [3.8, 4) is 0 Å². The molecule has 2 rings (SSSR count). The summed E-state index contributed by atoms with van der Waals surface area (Å²) in [5, 5.41) is 3.58. The van der Waals surface area contributed by atoms with Gasteiger partial charge in [-0.2, -0.15) is 0 Å². The van der Waals surface area contributed by atoms with E-state index in [0.29, 0.717) is 0 Å². The van der Waals surface area contributed by atoms with Crippen LogP contribution in [0.25, 0.3) is 0 Å². The van der Waals surface area contributed by atoms with Crippen LogP contribution in [0.4, 0.5) is 0 Å².